The van der Waals surface area contributed by atoms with Gasteiger partial charge in [0.1, 0.15) is 0 Å². The van der Waals surface area contributed by atoms with Gasteiger partial charge in [0.15, 0.2) is 0 Å². The lowest BCUT2D eigenvalue weighted by molar-refractivity contribution is -0.138. The standard InChI is InChI=1S/C10H16N2O4/c1-2-3-4-7-11-10(16)12-8(13)5-6-9(14)15/h2-3H,4-7H2,1H3,(H,14,15)(H2,11,12,13,16)/b3-2+. The second kappa shape index (κ2) is 8.46. The molecule has 3 N–H and O–H groups in total. The minimum Gasteiger partial charge on any atom is -0.481 e. The largest absolute Gasteiger partial charge is 0.481 e. The third kappa shape index (κ3) is 8.74. The van der Waals surface area contributed by atoms with Crippen molar-refractivity contribution in [2.45, 2.75) is 26.2 Å². The number of amides is 3. The van der Waals surface area contributed by atoms with Crippen molar-refractivity contribution in [3.05, 3.63) is 12.2 Å². The Morgan fingerprint density at radius 2 is 1.94 bits per heavy atom. The first-order chi connectivity index (χ1) is 7.56. The Labute approximate surface area is 93.7 Å². The van der Waals surface area contributed by atoms with Gasteiger partial charge in [-0.1, -0.05) is 12.2 Å². The number of aliphatic carboxylic acids is 1. The number of carbonyl (C=O) groups excluding carboxylic acids is 2. The highest BCUT2D eigenvalue weighted by atomic mass is 16.4. The molecule has 0 fully saturated rings. The van der Waals surface area contributed by atoms with Crippen LogP contribution in [0.1, 0.15) is 26.2 Å². The average molecular weight is 228 g/mol. The Bertz CT molecular complexity index is 287. The van der Waals surface area contributed by atoms with E-state index in [1.165, 1.54) is 0 Å². The summed E-state index contributed by atoms with van der Waals surface area (Å²) < 4.78 is 0. The van der Waals surface area contributed by atoms with Gasteiger partial charge in [0.2, 0.25) is 5.91 Å². The number of urea groups is 1. The maximum absolute atomic E-state index is 11.0. The topological polar surface area (TPSA) is 95.5 Å². The highest BCUT2D eigenvalue weighted by Crippen LogP contribution is 1.88. The molecule has 0 aromatic heterocycles. The Balaban J connectivity index is 3.62. The zero-order chi connectivity index (χ0) is 12.4. The number of carbonyl (C=O) groups is 3. The van der Waals surface area contributed by atoms with Crippen LogP contribution in [0.3, 0.4) is 0 Å². The van der Waals surface area contributed by atoms with Gasteiger partial charge in [-0.25, -0.2) is 4.79 Å². The summed E-state index contributed by atoms with van der Waals surface area (Å²) in [5.74, 6) is -1.66. The number of imide groups is 1. The van der Waals surface area contributed by atoms with Crippen LogP contribution in [0.15, 0.2) is 12.2 Å². The summed E-state index contributed by atoms with van der Waals surface area (Å²) in [6.45, 7) is 2.30. The van der Waals surface area contributed by atoms with E-state index in [0.29, 0.717) is 13.0 Å². The zero-order valence-corrected chi connectivity index (χ0v) is 9.16. The number of allylic oxidation sites excluding steroid dienone is 1. The van der Waals surface area contributed by atoms with Gasteiger partial charge < -0.3 is 10.4 Å². The van der Waals surface area contributed by atoms with E-state index in [9.17, 15) is 14.4 Å². The van der Waals surface area contributed by atoms with Gasteiger partial charge in [-0.2, -0.15) is 0 Å². The third-order valence-corrected chi connectivity index (χ3v) is 1.65. The van der Waals surface area contributed by atoms with Gasteiger partial charge in [0, 0.05) is 13.0 Å². The van der Waals surface area contributed by atoms with Crippen molar-refractivity contribution in [2.24, 2.45) is 0 Å². The van der Waals surface area contributed by atoms with Gasteiger partial charge in [-0.3, -0.25) is 14.9 Å². The van der Waals surface area contributed by atoms with E-state index in [-0.39, 0.29) is 12.8 Å². The Morgan fingerprint density at radius 1 is 1.25 bits per heavy atom. The molecular formula is C10H16N2O4. The molecule has 0 aliphatic heterocycles. The number of hydrogen-bond donors (Lipinski definition) is 3. The van der Waals surface area contributed by atoms with Crippen molar-refractivity contribution in [1.29, 1.82) is 0 Å². The minimum absolute atomic E-state index is 0.197. The fraction of sp³-hybridized carbons (Fsp3) is 0.500. The lowest BCUT2D eigenvalue weighted by Gasteiger charge is -2.04. The van der Waals surface area contributed by atoms with Crippen molar-refractivity contribution in [3.63, 3.8) is 0 Å². The SMILES string of the molecule is C/C=C/CCNC(=O)NC(=O)CCC(=O)O. The van der Waals surface area contributed by atoms with Crippen LogP contribution >= 0.6 is 0 Å². The second-order valence-corrected chi connectivity index (χ2v) is 3.06. The molecule has 0 rings (SSSR count). The first-order valence-corrected chi connectivity index (χ1v) is 4.97. The molecule has 0 unspecified atom stereocenters. The highest BCUT2D eigenvalue weighted by molar-refractivity contribution is 5.95. The summed E-state index contributed by atoms with van der Waals surface area (Å²) in [5.41, 5.74) is 0. The van der Waals surface area contributed by atoms with Crippen LogP contribution < -0.4 is 10.6 Å². The monoisotopic (exact) mass is 228 g/mol. The molecule has 16 heavy (non-hydrogen) atoms. The molecular weight excluding hydrogens is 212 g/mol. The van der Waals surface area contributed by atoms with Crippen molar-refractivity contribution >= 4 is 17.9 Å². The molecule has 0 aliphatic carbocycles. The summed E-state index contributed by atoms with van der Waals surface area (Å²) in [4.78, 5) is 32.2. The average Bonchev–Trinajstić information content (AvgIpc) is 2.21. The summed E-state index contributed by atoms with van der Waals surface area (Å²) in [5, 5.41) is 12.8. The van der Waals surface area contributed by atoms with Gasteiger partial charge in [0.05, 0.1) is 6.42 Å². The summed E-state index contributed by atoms with van der Waals surface area (Å²) in [6, 6.07) is -0.597. The molecule has 0 heterocycles. The first kappa shape index (κ1) is 14.2. The molecule has 3 amide bonds. The maximum Gasteiger partial charge on any atom is 0.321 e. The molecule has 6 nitrogen and oxygen atoms in total. The van der Waals surface area contributed by atoms with Crippen LogP contribution in [-0.4, -0.2) is 29.6 Å². The molecule has 0 spiro atoms. The predicted molar refractivity (Wildman–Crippen MR) is 57.8 cm³/mol. The smallest absolute Gasteiger partial charge is 0.321 e. The Kier molecular flexibility index (Phi) is 7.48. The molecule has 0 saturated heterocycles. The molecule has 90 valence electrons. The number of hydrogen-bond acceptors (Lipinski definition) is 3. The molecule has 0 aromatic rings. The first-order valence-electron chi connectivity index (χ1n) is 4.97. The summed E-state index contributed by atoms with van der Waals surface area (Å²) >= 11 is 0. The highest BCUT2D eigenvalue weighted by Gasteiger charge is 2.08. The van der Waals surface area contributed by atoms with E-state index in [2.05, 4.69) is 5.32 Å². The van der Waals surface area contributed by atoms with Gasteiger partial charge in [-0.05, 0) is 13.3 Å². The quantitative estimate of drug-likeness (QED) is 0.459. The molecule has 6 heteroatoms. The van der Waals surface area contributed by atoms with Crippen molar-refractivity contribution < 1.29 is 19.5 Å². The van der Waals surface area contributed by atoms with Crippen LogP contribution in [0.25, 0.3) is 0 Å². The molecule has 0 aromatic carbocycles. The van der Waals surface area contributed by atoms with E-state index < -0.39 is 17.9 Å². The molecule has 0 aliphatic rings. The maximum atomic E-state index is 11.0. The van der Waals surface area contributed by atoms with Crippen molar-refractivity contribution in [2.75, 3.05) is 6.54 Å². The van der Waals surface area contributed by atoms with Crippen molar-refractivity contribution in [3.8, 4) is 0 Å². The summed E-state index contributed by atoms with van der Waals surface area (Å²) in [6.07, 6.45) is 3.95. The van der Waals surface area contributed by atoms with E-state index in [1.54, 1.807) is 0 Å². The van der Waals surface area contributed by atoms with Crippen LogP contribution in [0.2, 0.25) is 0 Å². The molecule has 0 radical (unpaired) electrons. The Morgan fingerprint density at radius 3 is 2.50 bits per heavy atom. The van der Waals surface area contributed by atoms with E-state index in [1.807, 2.05) is 24.4 Å². The Hall–Kier alpha value is -1.85. The predicted octanol–water partition coefficient (Wildman–Crippen LogP) is 0.643. The fourth-order valence-corrected chi connectivity index (χ4v) is 0.889. The van der Waals surface area contributed by atoms with Gasteiger partial charge >= 0.3 is 12.0 Å². The second-order valence-electron chi connectivity index (χ2n) is 3.06. The number of carboxylic acids is 1. The van der Waals surface area contributed by atoms with Crippen LogP contribution in [-0.2, 0) is 9.59 Å². The van der Waals surface area contributed by atoms with Crippen LogP contribution in [0.4, 0.5) is 4.79 Å². The lowest BCUT2D eigenvalue weighted by atomic mass is 10.3. The van der Waals surface area contributed by atoms with E-state index >= 15 is 0 Å². The van der Waals surface area contributed by atoms with E-state index in [0.717, 1.165) is 0 Å². The molecule has 0 atom stereocenters. The lowest BCUT2D eigenvalue weighted by Crippen LogP contribution is -2.39. The van der Waals surface area contributed by atoms with Crippen molar-refractivity contribution in [1.82, 2.24) is 10.6 Å². The van der Waals surface area contributed by atoms with Crippen LogP contribution in [0.5, 0.6) is 0 Å². The number of rotatable bonds is 6. The molecule has 0 bridgehead atoms. The normalized spacial score (nSPS) is 10.1. The minimum atomic E-state index is -1.07. The number of carboxylic acid groups (broad SMARTS) is 1. The van der Waals surface area contributed by atoms with Crippen LogP contribution in [0, 0.1) is 0 Å². The van der Waals surface area contributed by atoms with Gasteiger partial charge in [-0.15, -0.1) is 0 Å². The third-order valence-electron chi connectivity index (χ3n) is 1.65. The summed E-state index contributed by atoms with van der Waals surface area (Å²) in [7, 11) is 0. The van der Waals surface area contributed by atoms with E-state index in [4.69, 9.17) is 5.11 Å². The fourth-order valence-electron chi connectivity index (χ4n) is 0.889. The van der Waals surface area contributed by atoms with Gasteiger partial charge in [0.25, 0.3) is 0 Å². The number of nitrogens with one attached hydrogen (secondary N) is 2. The zero-order valence-electron chi connectivity index (χ0n) is 9.16. The molecule has 0 saturated carbocycles.